The number of nitrogens with zero attached hydrogens (tertiary/aromatic N) is 2. The zero-order chi connectivity index (χ0) is 24.3. The van der Waals surface area contributed by atoms with Gasteiger partial charge in [-0.15, -0.1) is 0 Å². The Morgan fingerprint density at radius 1 is 1.06 bits per heavy atom. The predicted octanol–water partition coefficient (Wildman–Crippen LogP) is 5.47. The fraction of sp³-hybridized carbons (Fsp3) is 0.316. The second-order valence-electron chi connectivity index (χ2n) is 6.51. The van der Waals surface area contributed by atoms with Gasteiger partial charge in [-0.05, 0) is 52.4 Å². The first kappa shape index (κ1) is 26.2. The number of alkyl halides is 6. The van der Waals surface area contributed by atoms with Crippen LogP contribution in [0.4, 0.5) is 26.3 Å². The van der Waals surface area contributed by atoms with Crippen LogP contribution in [0.25, 0.3) is 0 Å². The molecule has 0 aliphatic heterocycles. The average molecular weight is 595 g/mol. The molecule has 13 heteroatoms. The number of benzene rings is 1. The second kappa shape index (κ2) is 10.2. The minimum Gasteiger partial charge on any atom is -0.456 e. The number of carbonyl (C=O) groups is 2. The third-order valence-corrected chi connectivity index (χ3v) is 5.40. The number of hydrogen-bond donors (Lipinski definition) is 0. The van der Waals surface area contributed by atoms with Crippen LogP contribution in [0, 0.1) is 3.57 Å². The molecule has 0 saturated heterocycles. The molecule has 5 nitrogen and oxygen atoms in total. The zero-order valence-corrected chi connectivity index (χ0v) is 19.1. The van der Waals surface area contributed by atoms with Crippen molar-refractivity contribution in [3.8, 4) is 0 Å². The van der Waals surface area contributed by atoms with Crippen LogP contribution >= 0.6 is 34.2 Å². The van der Waals surface area contributed by atoms with Crippen molar-refractivity contribution in [3.63, 3.8) is 0 Å². The highest BCUT2D eigenvalue weighted by Crippen LogP contribution is 2.36. The molecule has 2 rings (SSSR count). The topological polar surface area (TPSA) is 59.5 Å². The molecular formula is C19H14ClF6IN2O3. The van der Waals surface area contributed by atoms with E-state index in [0.717, 1.165) is 11.8 Å². The quantitative estimate of drug-likeness (QED) is 0.193. The average Bonchev–Trinajstić information content (AvgIpc) is 2.66. The van der Waals surface area contributed by atoms with Crippen molar-refractivity contribution in [2.45, 2.75) is 32.4 Å². The van der Waals surface area contributed by atoms with Gasteiger partial charge in [0.05, 0.1) is 17.7 Å². The normalized spacial score (nSPS) is 11.9. The van der Waals surface area contributed by atoms with Crippen LogP contribution in [0.15, 0.2) is 30.5 Å². The summed E-state index contributed by atoms with van der Waals surface area (Å²) in [6, 6.07) is 2.60. The molecule has 0 radical (unpaired) electrons. The molecule has 0 spiro atoms. The standard InChI is InChI=1S/C19H14ClF6IN2O3/c1-10(30)32-9-16(31)29(8-14-15(27)2-3-28-17(14)20)7-11-4-12(18(21,22)23)6-13(5-11)19(24,25)26/h2-6H,7-9H2,1H3. The Bertz CT molecular complexity index is 961. The first-order chi connectivity index (χ1) is 14.7. The van der Waals surface area contributed by atoms with E-state index in [1.54, 1.807) is 6.07 Å². The summed E-state index contributed by atoms with van der Waals surface area (Å²) in [5, 5.41) is 0.00205. The Labute approximate surface area is 196 Å². The Kier molecular flexibility index (Phi) is 8.37. The van der Waals surface area contributed by atoms with E-state index in [4.69, 9.17) is 11.6 Å². The zero-order valence-electron chi connectivity index (χ0n) is 16.2. The summed E-state index contributed by atoms with van der Waals surface area (Å²) < 4.78 is 84.2. The van der Waals surface area contributed by atoms with Crippen LogP contribution in [-0.2, 0) is 39.8 Å². The number of pyridine rings is 1. The van der Waals surface area contributed by atoms with Crippen molar-refractivity contribution in [3.05, 3.63) is 61.4 Å². The van der Waals surface area contributed by atoms with Crippen LogP contribution < -0.4 is 0 Å². The number of ether oxygens (including phenoxy) is 1. The summed E-state index contributed by atoms with van der Waals surface area (Å²) in [5.41, 5.74) is -3.11. The van der Waals surface area contributed by atoms with Gasteiger partial charge >= 0.3 is 18.3 Å². The van der Waals surface area contributed by atoms with E-state index >= 15 is 0 Å². The molecule has 32 heavy (non-hydrogen) atoms. The Hall–Kier alpha value is -2.09. The fourth-order valence-corrected chi connectivity index (χ4v) is 3.56. The molecular weight excluding hydrogens is 581 g/mol. The van der Waals surface area contributed by atoms with Gasteiger partial charge in [-0.1, -0.05) is 11.6 Å². The van der Waals surface area contributed by atoms with Crippen molar-refractivity contribution < 1.29 is 40.7 Å². The predicted molar refractivity (Wildman–Crippen MR) is 109 cm³/mol. The summed E-state index contributed by atoms with van der Waals surface area (Å²) in [7, 11) is 0. The molecule has 0 aliphatic carbocycles. The summed E-state index contributed by atoms with van der Waals surface area (Å²) >= 11 is 7.93. The molecule has 174 valence electrons. The van der Waals surface area contributed by atoms with Gasteiger partial charge in [0, 0.05) is 28.8 Å². The molecule has 0 atom stereocenters. The van der Waals surface area contributed by atoms with Gasteiger partial charge in [0.2, 0.25) is 0 Å². The maximum atomic E-state index is 13.2. The van der Waals surface area contributed by atoms with E-state index < -0.39 is 54.1 Å². The number of aromatic nitrogens is 1. The lowest BCUT2D eigenvalue weighted by Gasteiger charge is -2.24. The lowest BCUT2D eigenvalue weighted by molar-refractivity contribution is -0.151. The van der Waals surface area contributed by atoms with E-state index in [2.05, 4.69) is 9.72 Å². The largest absolute Gasteiger partial charge is 0.456 e. The molecule has 0 unspecified atom stereocenters. The molecule has 1 heterocycles. The van der Waals surface area contributed by atoms with E-state index in [1.807, 2.05) is 22.6 Å². The van der Waals surface area contributed by atoms with Gasteiger partial charge in [0.25, 0.3) is 5.91 Å². The number of halogens is 8. The van der Waals surface area contributed by atoms with E-state index in [9.17, 15) is 35.9 Å². The highest BCUT2D eigenvalue weighted by molar-refractivity contribution is 14.1. The molecule has 2 aromatic rings. The van der Waals surface area contributed by atoms with Gasteiger partial charge in [-0.25, -0.2) is 4.98 Å². The van der Waals surface area contributed by atoms with Crippen molar-refractivity contribution in [2.24, 2.45) is 0 Å². The molecule has 1 aromatic heterocycles. The van der Waals surface area contributed by atoms with Crippen molar-refractivity contribution in [1.82, 2.24) is 9.88 Å². The summed E-state index contributed by atoms with van der Waals surface area (Å²) in [6.45, 7) is -0.632. The monoisotopic (exact) mass is 594 g/mol. The lowest BCUT2D eigenvalue weighted by atomic mass is 10.0. The van der Waals surface area contributed by atoms with E-state index in [0.29, 0.717) is 21.3 Å². The van der Waals surface area contributed by atoms with Gasteiger partial charge in [-0.2, -0.15) is 26.3 Å². The Balaban J connectivity index is 2.48. The van der Waals surface area contributed by atoms with Crippen LogP contribution in [0.3, 0.4) is 0 Å². The lowest BCUT2D eigenvalue weighted by Crippen LogP contribution is -2.34. The molecule has 0 fully saturated rings. The molecule has 0 N–H and O–H groups in total. The molecule has 1 aromatic carbocycles. The smallest absolute Gasteiger partial charge is 0.416 e. The maximum Gasteiger partial charge on any atom is 0.416 e. The first-order valence-electron chi connectivity index (χ1n) is 8.67. The van der Waals surface area contributed by atoms with Gasteiger partial charge < -0.3 is 9.64 Å². The highest BCUT2D eigenvalue weighted by Gasteiger charge is 2.37. The minimum absolute atomic E-state index is 0.00205. The summed E-state index contributed by atoms with van der Waals surface area (Å²) in [5.74, 6) is -1.63. The van der Waals surface area contributed by atoms with E-state index in [1.165, 1.54) is 6.20 Å². The van der Waals surface area contributed by atoms with Crippen LogP contribution in [0.1, 0.15) is 29.2 Å². The molecule has 0 bridgehead atoms. The number of rotatable bonds is 6. The summed E-state index contributed by atoms with van der Waals surface area (Å²) in [4.78, 5) is 28.4. The number of hydrogen-bond acceptors (Lipinski definition) is 4. The maximum absolute atomic E-state index is 13.2. The number of esters is 1. The van der Waals surface area contributed by atoms with Gasteiger partial charge in [0.15, 0.2) is 6.61 Å². The van der Waals surface area contributed by atoms with Gasteiger partial charge in [0.1, 0.15) is 5.15 Å². The minimum atomic E-state index is -5.04. The fourth-order valence-electron chi connectivity index (χ4n) is 2.59. The van der Waals surface area contributed by atoms with Gasteiger partial charge in [-0.3, -0.25) is 9.59 Å². The molecule has 1 amide bonds. The number of amides is 1. The summed E-state index contributed by atoms with van der Waals surface area (Å²) in [6.07, 6.45) is -8.68. The first-order valence-corrected chi connectivity index (χ1v) is 10.1. The SMILES string of the molecule is CC(=O)OCC(=O)N(Cc1cc(C(F)(F)F)cc(C(F)(F)F)c1)Cc1c(I)ccnc1Cl. The van der Waals surface area contributed by atoms with Crippen molar-refractivity contribution >= 4 is 46.1 Å². The molecule has 0 aliphatic rings. The van der Waals surface area contributed by atoms with Crippen molar-refractivity contribution in [2.75, 3.05) is 6.61 Å². The number of carbonyl (C=O) groups excluding carboxylic acids is 2. The Morgan fingerprint density at radius 2 is 1.62 bits per heavy atom. The Morgan fingerprint density at radius 3 is 2.09 bits per heavy atom. The highest BCUT2D eigenvalue weighted by atomic mass is 127. The van der Waals surface area contributed by atoms with Crippen LogP contribution in [-0.4, -0.2) is 28.4 Å². The third kappa shape index (κ3) is 7.22. The van der Waals surface area contributed by atoms with Crippen molar-refractivity contribution in [1.29, 1.82) is 0 Å². The van der Waals surface area contributed by atoms with Crippen LogP contribution in [0.2, 0.25) is 5.15 Å². The van der Waals surface area contributed by atoms with E-state index in [-0.39, 0.29) is 17.8 Å². The molecule has 0 saturated carbocycles. The second-order valence-corrected chi connectivity index (χ2v) is 8.03. The third-order valence-electron chi connectivity index (χ3n) is 4.07. The van der Waals surface area contributed by atoms with Crippen LogP contribution in [0.5, 0.6) is 0 Å².